The van der Waals surface area contributed by atoms with Gasteiger partial charge in [0, 0.05) is 23.9 Å². The molecule has 1 aromatic carbocycles. The van der Waals surface area contributed by atoms with Crippen LogP contribution in [0.15, 0.2) is 35.4 Å². The minimum atomic E-state index is -3.43. The zero-order valence-electron chi connectivity index (χ0n) is 21.2. The third-order valence-electron chi connectivity index (χ3n) is 8.55. The predicted octanol–water partition coefficient (Wildman–Crippen LogP) is 2.43. The van der Waals surface area contributed by atoms with Crippen molar-refractivity contribution in [1.82, 2.24) is 15.8 Å². The fourth-order valence-electron chi connectivity index (χ4n) is 6.67. The van der Waals surface area contributed by atoms with Gasteiger partial charge in [-0.15, -0.1) is 0 Å². The lowest BCUT2D eigenvalue weighted by molar-refractivity contribution is -0.118. The van der Waals surface area contributed by atoms with Crippen LogP contribution in [-0.2, 0) is 20.0 Å². The lowest BCUT2D eigenvalue weighted by atomic mass is 9.74. The van der Waals surface area contributed by atoms with Crippen LogP contribution in [0.3, 0.4) is 0 Å². The minimum absolute atomic E-state index is 0.00843. The van der Waals surface area contributed by atoms with Gasteiger partial charge in [-0.2, -0.15) is 4.98 Å². The molecular weight excluding hydrogens is 494 g/mol. The summed E-state index contributed by atoms with van der Waals surface area (Å²) in [4.78, 5) is 17.3. The molecule has 4 N–H and O–H groups in total. The number of hydrazine groups is 1. The molecule has 3 fully saturated rings. The SMILES string of the molecule is CCOc1nc(S(C)(=O)=O)ccc1NC1NNC2CC([C@@H]3C[C@@]34C(=O)Nc3ccc(OC)cc34)CCC21. The highest BCUT2D eigenvalue weighted by atomic mass is 32.2. The Balaban J connectivity index is 1.15. The maximum Gasteiger partial charge on any atom is 0.238 e. The molecule has 37 heavy (non-hydrogen) atoms. The quantitative estimate of drug-likeness (QED) is 0.429. The first-order valence-electron chi connectivity index (χ1n) is 12.9. The van der Waals surface area contributed by atoms with Gasteiger partial charge in [0.2, 0.25) is 11.8 Å². The van der Waals surface area contributed by atoms with Gasteiger partial charge in [0.25, 0.3) is 0 Å². The fourth-order valence-corrected chi connectivity index (χ4v) is 7.23. The van der Waals surface area contributed by atoms with Crippen molar-refractivity contribution >= 4 is 27.1 Å². The Kier molecular flexibility index (Phi) is 5.85. The molecule has 3 heterocycles. The molecule has 0 radical (unpaired) electrons. The maximum atomic E-state index is 13.1. The van der Waals surface area contributed by atoms with Gasteiger partial charge in [-0.1, -0.05) is 0 Å². The molecular formula is C26H33N5O5S. The second kappa shape index (κ2) is 8.85. The molecule has 11 heteroatoms. The van der Waals surface area contributed by atoms with Crippen molar-refractivity contribution < 1.29 is 22.7 Å². The van der Waals surface area contributed by atoms with Crippen molar-refractivity contribution in [2.24, 2.45) is 17.8 Å². The van der Waals surface area contributed by atoms with E-state index in [1.807, 2.05) is 25.1 Å². The van der Waals surface area contributed by atoms with Crippen LogP contribution in [-0.4, -0.2) is 51.5 Å². The first-order valence-corrected chi connectivity index (χ1v) is 14.7. The van der Waals surface area contributed by atoms with E-state index in [1.165, 1.54) is 6.07 Å². The summed E-state index contributed by atoms with van der Waals surface area (Å²) < 4.78 is 35.0. The minimum Gasteiger partial charge on any atom is -0.497 e. The smallest absolute Gasteiger partial charge is 0.238 e. The Labute approximate surface area is 216 Å². The number of methoxy groups -OCH3 is 1. The van der Waals surface area contributed by atoms with Crippen molar-refractivity contribution in [3.63, 3.8) is 0 Å². The normalized spacial score (nSPS) is 32.0. The third-order valence-corrected chi connectivity index (χ3v) is 9.54. The van der Waals surface area contributed by atoms with Crippen LogP contribution in [0, 0.1) is 17.8 Å². The number of anilines is 2. The van der Waals surface area contributed by atoms with Crippen LogP contribution in [0.2, 0.25) is 0 Å². The molecule has 4 unspecified atom stereocenters. The number of nitrogens with one attached hydrogen (secondary N) is 4. The van der Waals surface area contributed by atoms with Crippen LogP contribution in [0.4, 0.5) is 11.4 Å². The largest absolute Gasteiger partial charge is 0.497 e. The van der Waals surface area contributed by atoms with E-state index in [0.717, 1.165) is 48.9 Å². The summed E-state index contributed by atoms with van der Waals surface area (Å²) >= 11 is 0. The number of nitrogens with zero attached hydrogens (tertiary/aromatic N) is 1. The molecule has 198 valence electrons. The summed E-state index contributed by atoms with van der Waals surface area (Å²) in [6.07, 6.45) is 5.00. The van der Waals surface area contributed by atoms with E-state index in [-0.39, 0.29) is 29.0 Å². The lowest BCUT2D eigenvalue weighted by Gasteiger charge is -2.34. The molecule has 2 aromatic rings. The fraction of sp³-hybridized carbons (Fsp3) is 0.538. The number of rotatable bonds is 7. The number of ether oxygens (including phenoxy) is 2. The highest BCUT2D eigenvalue weighted by Crippen LogP contribution is 2.65. The Bertz CT molecular complexity index is 1350. The van der Waals surface area contributed by atoms with Crippen molar-refractivity contribution in [2.75, 3.05) is 30.6 Å². The summed E-state index contributed by atoms with van der Waals surface area (Å²) in [7, 11) is -1.78. The van der Waals surface area contributed by atoms with Crippen LogP contribution in [0.1, 0.15) is 38.2 Å². The van der Waals surface area contributed by atoms with Crippen LogP contribution in [0.25, 0.3) is 0 Å². The Morgan fingerprint density at radius 1 is 1.19 bits per heavy atom. The third kappa shape index (κ3) is 4.04. The van der Waals surface area contributed by atoms with Gasteiger partial charge < -0.3 is 20.1 Å². The lowest BCUT2D eigenvalue weighted by Crippen LogP contribution is -2.39. The van der Waals surface area contributed by atoms with Gasteiger partial charge in [-0.25, -0.2) is 13.8 Å². The van der Waals surface area contributed by atoms with Gasteiger partial charge in [0.05, 0.1) is 31.0 Å². The first-order chi connectivity index (χ1) is 17.7. The summed E-state index contributed by atoms with van der Waals surface area (Å²) in [6.45, 7) is 2.22. The Morgan fingerprint density at radius 2 is 2.03 bits per heavy atom. The second-order valence-electron chi connectivity index (χ2n) is 10.6. The molecule has 1 spiro atoms. The standard InChI is InChI=1S/C26H33N5O5S/c1-4-36-24-20(9-10-22(29-24)37(3,33)34)27-23-16-7-5-14(11-21(16)30-31-23)18-13-26(18)17-12-15(35-2)6-8-19(17)28-25(26)32/h6,8-10,12,14,16,18,21,23,27,30-31H,4-5,7,11,13H2,1-3H3,(H,28,32)/t14?,16?,18-,21?,23?,26-/m0/s1. The predicted molar refractivity (Wildman–Crippen MR) is 138 cm³/mol. The molecule has 2 aliphatic carbocycles. The van der Waals surface area contributed by atoms with E-state index >= 15 is 0 Å². The van der Waals surface area contributed by atoms with E-state index < -0.39 is 15.3 Å². The zero-order chi connectivity index (χ0) is 25.9. The molecule has 2 aliphatic heterocycles. The van der Waals surface area contributed by atoms with Gasteiger partial charge in [0.1, 0.15) is 5.75 Å². The van der Waals surface area contributed by atoms with E-state index in [0.29, 0.717) is 30.0 Å². The molecule has 10 nitrogen and oxygen atoms in total. The number of hydrogen-bond acceptors (Lipinski definition) is 9. The molecule has 0 bridgehead atoms. The molecule has 2 saturated carbocycles. The average Bonchev–Trinajstić information content (AvgIpc) is 3.43. The van der Waals surface area contributed by atoms with Gasteiger partial charge in [-0.3, -0.25) is 10.2 Å². The van der Waals surface area contributed by atoms with E-state index in [4.69, 9.17) is 9.47 Å². The summed E-state index contributed by atoms with van der Waals surface area (Å²) in [5, 5.41) is 6.56. The van der Waals surface area contributed by atoms with Crippen molar-refractivity contribution in [3.8, 4) is 11.6 Å². The molecule has 6 rings (SSSR count). The summed E-state index contributed by atoms with van der Waals surface area (Å²) in [5.41, 5.74) is 9.07. The number of aromatic nitrogens is 1. The molecule has 1 amide bonds. The number of pyridine rings is 1. The van der Waals surface area contributed by atoms with Crippen LogP contribution in [0.5, 0.6) is 11.6 Å². The topological polar surface area (TPSA) is 131 Å². The van der Waals surface area contributed by atoms with Crippen molar-refractivity contribution in [1.29, 1.82) is 0 Å². The molecule has 1 saturated heterocycles. The second-order valence-corrected chi connectivity index (χ2v) is 12.6. The van der Waals surface area contributed by atoms with E-state index in [2.05, 4.69) is 26.5 Å². The summed E-state index contributed by atoms with van der Waals surface area (Å²) in [5.74, 6) is 2.30. The number of fused-ring (bicyclic) bond motifs is 3. The van der Waals surface area contributed by atoms with Crippen LogP contribution >= 0.6 is 0 Å². The van der Waals surface area contributed by atoms with Crippen molar-refractivity contribution in [2.45, 2.75) is 55.3 Å². The Hall–Kier alpha value is -2.89. The number of hydrogen-bond donors (Lipinski definition) is 4. The summed E-state index contributed by atoms with van der Waals surface area (Å²) in [6, 6.07) is 9.34. The van der Waals surface area contributed by atoms with E-state index in [1.54, 1.807) is 13.2 Å². The van der Waals surface area contributed by atoms with E-state index in [9.17, 15) is 13.2 Å². The van der Waals surface area contributed by atoms with Gasteiger partial charge in [-0.05, 0) is 80.3 Å². The van der Waals surface area contributed by atoms with Gasteiger partial charge >= 0.3 is 0 Å². The number of carbonyl (C=O) groups is 1. The zero-order valence-corrected chi connectivity index (χ0v) is 22.0. The number of benzene rings is 1. The highest BCUT2D eigenvalue weighted by Gasteiger charge is 2.67. The highest BCUT2D eigenvalue weighted by molar-refractivity contribution is 7.90. The molecule has 6 atom stereocenters. The molecule has 1 aromatic heterocycles. The maximum absolute atomic E-state index is 13.1. The monoisotopic (exact) mass is 527 g/mol. The van der Waals surface area contributed by atoms with Crippen molar-refractivity contribution in [3.05, 3.63) is 35.9 Å². The number of sulfone groups is 1. The van der Waals surface area contributed by atoms with Crippen LogP contribution < -0.4 is 31.0 Å². The number of amides is 1. The molecule has 4 aliphatic rings. The Morgan fingerprint density at radius 3 is 2.78 bits per heavy atom. The van der Waals surface area contributed by atoms with Gasteiger partial charge in [0.15, 0.2) is 14.9 Å². The first kappa shape index (κ1) is 24.4. The average molecular weight is 528 g/mol. The number of carbonyl (C=O) groups excluding carboxylic acids is 1.